The predicted molar refractivity (Wildman–Crippen MR) is 150 cm³/mol. The van der Waals surface area contributed by atoms with Crippen LogP contribution in [0.3, 0.4) is 0 Å². The van der Waals surface area contributed by atoms with Crippen LogP contribution < -0.4 is 5.76 Å². The van der Waals surface area contributed by atoms with Crippen molar-refractivity contribution in [2.45, 2.75) is 31.5 Å². The number of carbonyl (C=O) groups excluding carboxylic acids is 2. The number of amides is 1. The standard InChI is InChI=1S/C31H33N3O6/c1-32(27(23-6-4-3-5-7-23)20-33-15-14-25(35)19-33)29(36)17-22-10-13-28-26(16-22)34(31(38)40-28)18-21-8-11-24(12-9-21)30(37)39-2/h3-13,16,25,27,35H,14-15,17-20H2,1-2H3/t25-,27+/m0/s1. The van der Waals surface area contributed by atoms with Crippen LogP contribution in [0.4, 0.5) is 0 Å². The monoisotopic (exact) mass is 543 g/mol. The quantitative estimate of drug-likeness (QED) is 0.323. The lowest BCUT2D eigenvalue weighted by Crippen LogP contribution is -2.39. The van der Waals surface area contributed by atoms with Gasteiger partial charge in [-0.25, -0.2) is 9.59 Å². The van der Waals surface area contributed by atoms with Gasteiger partial charge < -0.3 is 19.2 Å². The van der Waals surface area contributed by atoms with Crippen LogP contribution in [0.5, 0.6) is 0 Å². The van der Waals surface area contributed by atoms with E-state index in [0.29, 0.717) is 29.8 Å². The van der Waals surface area contributed by atoms with Gasteiger partial charge in [0, 0.05) is 26.7 Å². The number of β-amino-alcohol motifs (C(OH)–C–C–N with tert-alkyl or cyclic N) is 1. The van der Waals surface area contributed by atoms with Gasteiger partial charge in [0.2, 0.25) is 5.91 Å². The molecule has 208 valence electrons. The van der Waals surface area contributed by atoms with Gasteiger partial charge in [-0.3, -0.25) is 14.3 Å². The Morgan fingerprint density at radius 3 is 2.48 bits per heavy atom. The molecule has 2 heterocycles. The number of likely N-dealkylation sites (tertiary alicyclic amines) is 1. The molecule has 1 amide bonds. The highest BCUT2D eigenvalue weighted by Crippen LogP contribution is 2.25. The predicted octanol–water partition coefficient (Wildman–Crippen LogP) is 3.24. The fraction of sp³-hybridized carbons (Fsp3) is 0.323. The maximum atomic E-state index is 13.5. The minimum Gasteiger partial charge on any atom is -0.465 e. The first-order valence-corrected chi connectivity index (χ1v) is 13.3. The van der Waals surface area contributed by atoms with Crippen LogP contribution in [0.1, 0.15) is 39.5 Å². The molecular weight excluding hydrogens is 510 g/mol. The van der Waals surface area contributed by atoms with Gasteiger partial charge in [0.1, 0.15) is 0 Å². The molecule has 3 aromatic carbocycles. The summed E-state index contributed by atoms with van der Waals surface area (Å²) in [5, 5.41) is 10.0. The molecule has 5 rings (SSSR count). The van der Waals surface area contributed by atoms with Crippen LogP contribution in [0, 0.1) is 0 Å². The molecule has 0 aliphatic carbocycles. The first-order chi connectivity index (χ1) is 19.3. The SMILES string of the molecule is COC(=O)c1ccc(Cn2c(=O)oc3ccc(CC(=O)N(C)[C@H](CN4CC[C@H](O)C4)c4ccccc4)cc32)cc1. The molecule has 1 aliphatic rings. The zero-order valence-electron chi connectivity index (χ0n) is 22.7. The first-order valence-electron chi connectivity index (χ1n) is 13.3. The van der Waals surface area contributed by atoms with E-state index in [1.165, 1.54) is 11.7 Å². The molecule has 2 atom stereocenters. The number of nitrogens with zero attached hydrogens (tertiary/aromatic N) is 3. The highest BCUT2D eigenvalue weighted by Gasteiger charge is 2.28. The summed E-state index contributed by atoms with van der Waals surface area (Å²) < 4.78 is 11.7. The van der Waals surface area contributed by atoms with E-state index in [0.717, 1.165) is 29.7 Å². The number of fused-ring (bicyclic) bond motifs is 1. The third-order valence-corrected chi connectivity index (χ3v) is 7.53. The number of methoxy groups -OCH3 is 1. The summed E-state index contributed by atoms with van der Waals surface area (Å²) in [7, 11) is 3.14. The van der Waals surface area contributed by atoms with Gasteiger partial charge >= 0.3 is 11.7 Å². The van der Waals surface area contributed by atoms with Crippen molar-refractivity contribution >= 4 is 23.0 Å². The van der Waals surface area contributed by atoms with E-state index < -0.39 is 11.7 Å². The van der Waals surface area contributed by atoms with Crippen molar-refractivity contribution in [2.24, 2.45) is 0 Å². The van der Waals surface area contributed by atoms with E-state index in [1.807, 2.05) is 43.4 Å². The molecule has 0 radical (unpaired) electrons. The normalized spacial score (nSPS) is 16.2. The molecule has 1 aromatic heterocycles. The minimum absolute atomic E-state index is 0.0521. The minimum atomic E-state index is -0.496. The number of aliphatic hydroxyl groups is 1. The average molecular weight is 544 g/mol. The van der Waals surface area contributed by atoms with Crippen LogP contribution in [0.15, 0.2) is 82.0 Å². The van der Waals surface area contributed by atoms with E-state index in [1.54, 1.807) is 41.3 Å². The zero-order chi connectivity index (χ0) is 28.2. The number of aliphatic hydroxyl groups excluding tert-OH is 1. The molecule has 0 saturated carbocycles. The second kappa shape index (κ2) is 11.9. The summed E-state index contributed by atoms with van der Waals surface area (Å²) in [6, 6.07) is 22.0. The number of ether oxygens (including phenoxy) is 1. The highest BCUT2D eigenvalue weighted by atomic mass is 16.5. The van der Waals surface area contributed by atoms with Crippen LogP contribution >= 0.6 is 0 Å². The van der Waals surface area contributed by atoms with Crippen molar-refractivity contribution < 1.29 is 23.8 Å². The maximum absolute atomic E-state index is 13.5. The largest absolute Gasteiger partial charge is 0.465 e. The maximum Gasteiger partial charge on any atom is 0.420 e. The zero-order valence-corrected chi connectivity index (χ0v) is 22.7. The van der Waals surface area contributed by atoms with Crippen molar-refractivity contribution in [2.75, 3.05) is 33.8 Å². The molecule has 1 aliphatic heterocycles. The van der Waals surface area contributed by atoms with Gasteiger partial charge in [0.15, 0.2) is 5.58 Å². The molecule has 0 unspecified atom stereocenters. The summed E-state index contributed by atoms with van der Waals surface area (Å²) in [4.78, 5) is 41.9. The Hall–Kier alpha value is -4.21. The second-order valence-electron chi connectivity index (χ2n) is 10.3. The Morgan fingerprint density at radius 2 is 1.80 bits per heavy atom. The topological polar surface area (TPSA) is 105 Å². The van der Waals surface area contributed by atoms with Crippen molar-refractivity contribution in [3.63, 3.8) is 0 Å². The second-order valence-corrected chi connectivity index (χ2v) is 10.3. The van der Waals surface area contributed by atoms with Crippen molar-refractivity contribution in [3.8, 4) is 0 Å². The van der Waals surface area contributed by atoms with Gasteiger partial charge in [-0.1, -0.05) is 48.5 Å². The molecule has 9 nitrogen and oxygen atoms in total. The summed E-state index contributed by atoms with van der Waals surface area (Å²) >= 11 is 0. The van der Waals surface area contributed by atoms with E-state index >= 15 is 0 Å². The lowest BCUT2D eigenvalue weighted by molar-refractivity contribution is -0.131. The van der Waals surface area contributed by atoms with Crippen LogP contribution in [0.25, 0.3) is 11.1 Å². The molecule has 9 heteroatoms. The van der Waals surface area contributed by atoms with Crippen LogP contribution in [0.2, 0.25) is 0 Å². The number of hydrogen-bond donors (Lipinski definition) is 1. The van der Waals surface area contributed by atoms with Crippen molar-refractivity contribution in [3.05, 3.63) is 106 Å². The summed E-state index contributed by atoms with van der Waals surface area (Å²) in [6.45, 7) is 2.29. The van der Waals surface area contributed by atoms with Crippen LogP contribution in [-0.4, -0.2) is 71.2 Å². The van der Waals surface area contributed by atoms with Crippen LogP contribution in [-0.2, 0) is 22.5 Å². The van der Waals surface area contributed by atoms with Gasteiger partial charge in [-0.2, -0.15) is 0 Å². The van der Waals surface area contributed by atoms with Gasteiger partial charge in [0.05, 0.1) is 43.3 Å². The molecule has 4 aromatic rings. The van der Waals surface area contributed by atoms with E-state index in [-0.39, 0.29) is 31.0 Å². The fourth-order valence-corrected chi connectivity index (χ4v) is 5.24. The lowest BCUT2D eigenvalue weighted by Gasteiger charge is -2.32. The molecule has 0 bridgehead atoms. The van der Waals surface area contributed by atoms with Gasteiger partial charge in [-0.05, 0) is 47.4 Å². The van der Waals surface area contributed by atoms with Crippen molar-refractivity contribution in [1.82, 2.24) is 14.4 Å². The summed E-state index contributed by atoms with van der Waals surface area (Å²) in [6.07, 6.45) is 0.564. The highest BCUT2D eigenvalue weighted by molar-refractivity contribution is 5.89. The molecule has 1 fully saturated rings. The van der Waals surface area contributed by atoms with E-state index in [2.05, 4.69) is 4.90 Å². The van der Waals surface area contributed by atoms with Gasteiger partial charge in [0.25, 0.3) is 0 Å². The number of benzene rings is 3. The van der Waals surface area contributed by atoms with Gasteiger partial charge in [-0.15, -0.1) is 0 Å². The van der Waals surface area contributed by atoms with E-state index in [9.17, 15) is 19.5 Å². The smallest absolute Gasteiger partial charge is 0.420 e. The summed E-state index contributed by atoms with van der Waals surface area (Å²) in [5.74, 6) is -0.974. The first kappa shape index (κ1) is 27.4. The Balaban J connectivity index is 1.35. The van der Waals surface area contributed by atoms with Crippen molar-refractivity contribution in [1.29, 1.82) is 0 Å². The Kier molecular flexibility index (Phi) is 8.14. The van der Waals surface area contributed by atoms with E-state index in [4.69, 9.17) is 9.15 Å². The third-order valence-electron chi connectivity index (χ3n) is 7.53. The number of hydrogen-bond acceptors (Lipinski definition) is 7. The lowest BCUT2D eigenvalue weighted by atomic mass is 10.0. The number of aromatic nitrogens is 1. The summed E-state index contributed by atoms with van der Waals surface area (Å²) in [5.41, 5.74) is 4.09. The molecule has 1 N–H and O–H groups in total. The fourth-order valence-electron chi connectivity index (χ4n) is 5.24. The number of esters is 1. The molecular formula is C31H33N3O6. The Morgan fingerprint density at radius 1 is 1.07 bits per heavy atom. The molecule has 40 heavy (non-hydrogen) atoms. The number of rotatable bonds is 9. The average Bonchev–Trinajstić information content (AvgIpc) is 3.53. The Labute approximate surface area is 232 Å². The number of oxazole rings is 1. The third kappa shape index (κ3) is 6.00. The number of likely N-dealkylation sites (N-methyl/N-ethyl adjacent to an activating group) is 1. The molecule has 1 saturated heterocycles. The molecule has 0 spiro atoms. The Bertz CT molecular complexity index is 1540. The number of carbonyl (C=O) groups is 2.